The van der Waals surface area contributed by atoms with Crippen LogP contribution < -0.4 is 11.1 Å². The minimum absolute atomic E-state index is 0.471. The van der Waals surface area contributed by atoms with Gasteiger partial charge in [0, 0.05) is 6.04 Å². The first-order valence-corrected chi connectivity index (χ1v) is 8.65. The summed E-state index contributed by atoms with van der Waals surface area (Å²) in [4.78, 5) is 0. The second-order valence-corrected chi connectivity index (χ2v) is 6.56. The molecule has 0 rings (SSSR count). The minimum Gasteiger partial charge on any atom is -0.390 e. The lowest BCUT2D eigenvalue weighted by atomic mass is 9.88. The van der Waals surface area contributed by atoms with Crippen LogP contribution in [-0.2, 0) is 0 Å². The molecular formula is C17H38N2O. The second kappa shape index (κ2) is 11.5. The van der Waals surface area contributed by atoms with Crippen LogP contribution >= 0.6 is 0 Å². The molecule has 0 heterocycles. The molecule has 0 aliphatic heterocycles. The van der Waals surface area contributed by atoms with E-state index in [2.05, 4.69) is 33.0 Å². The van der Waals surface area contributed by atoms with E-state index in [0.29, 0.717) is 12.0 Å². The molecule has 0 radical (unpaired) electrons. The number of unbranched alkanes of at least 4 members (excludes halogenated alkanes) is 2. The van der Waals surface area contributed by atoms with Crippen molar-refractivity contribution in [3.05, 3.63) is 0 Å². The number of hydrogen-bond acceptors (Lipinski definition) is 3. The molecule has 0 aromatic heterocycles. The first-order chi connectivity index (χ1) is 9.49. The van der Waals surface area contributed by atoms with E-state index in [-0.39, 0.29) is 0 Å². The van der Waals surface area contributed by atoms with Crippen LogP contribution in [0.3, 0.4) is 0 Å². The molecule has 0 saturated carbocycles. The summed E-state index contributed by atoms with van der Waals surface area (Å²) < 4.78 is 0. The van der Waals surface area contributed by atoms with Crippen molar-refractivity contribution in [1.29, 1.82) is 0 Å². The highest BCUT2D eigenvalue weighted by atomic mass is 16.3. The van der Waals surface area contributed by atoms with Crippen LogP contribution in [0.15, 0.2) is 0 Å². The topological polar surface area (TPSA) is 58.3 Å². The van der Waals surface area contributed by atoms with Crippen LogP contribution in [-0.4, -0.2) is 29.8 Å². The third-order valence-corrected chi connectivity index (χ3v) is 4.24. The van der Waals surface area contributed by atoms with E-state index >= 15 is 0 Å². The van der Waals surface area contributed by atoms with Gasteiger partial charge in [0.25, 0.3) is 0 Å². The first kappa shape index (κ1) is 19.9. The summed E-state index contributed by atoms with van der Waals surface area (Å²) in [5, 5.41) is 14.3. The van der Waals surface area contributed by atoms with E-state index in [9.17, 15) is 5.11 Å². The van der Waals surface area contributed by atoms with Crippen LogP contribution in [0.1, 0.15) is 79.1 Å². The second-order valence-electron chi connectivity index (χ2n) is 6.56. The highest BCUT2D eigenvalue weighted by Crippen LogP contribution is 2.24. The maximum atomic E-state index is 10.8. The minimum atomic E-state index is -0.471. The molecule has 0 aromatic carbocycles. The Morgan fingerprint density at radius 3 is 2.25 bits per heavy atom. The molecule has 0 saturated heterocycles. The largest absolute Gasteiger partial charge is 0.390 e. The molecule has 0 amide bonds. The van der Waals surface area contributed by atoms with Gasteiger partial charge in [-0.15, -0.1) is 0 Å². The normalized spacial score (nSPS) is 16.4. The quantitative estimate of drug-likeness (QED) is 0.455. The summed E-state index contributed by atoms with van der Waals surface area (Å²) in [6.45, 7) is 10.4. The van der Waals surface area contributed by atoms with E-state index in [1.54, 1.807) is 0 Å². The summed E-state index contributed by atoms with van der Waals surface area (Å²) in [5.41, 5.74) is 5.19. The molecule has 2 atom stereocenters. The van der Waals surface area contributed by atoms with Gasteiger partial charge < -0.3 is 16.2 Å². The number of rotatable bonds is 13. The Balaban J connectivity index is 4.17. The number of nitrogens with one attached hydrogen (secondary N) is 1. The Labute approximate surface area is 126 Å². The van der Waals surface area contributed by atoms with Crippen molar-refractivity contribution in [1.82, 2.24) is 5.32 Å². The van der Waals surface area contributed by atoms with Crippen molar-refractivity contribution in [3.8, 4) is 0 Å². The molecule has 0 bridgehead atoms. The highest BCUT2D eigenvalue weighted by Gasteiger charge is 2.25. The summed E-state index contributed by atoms with van der Waals surface area (Å²) in [5.74, 6) is 0.595. The predicted molar refractivity (Wildman–Crippen MR) is 88.9 cm³/mol. The van der Waals surface area contributed by atoms with Gasteiger partial charge in [0.2, 0.25) is 0 Å². The molecule has 20 heavy (non-hydrogen) atoms. The van der Waals surface area contributed by atoms with E-state index in [4.69, 9.17) is 5.73 Å². The fourth-order valence-corrected chi connectivity index (χ4v) is 2.89. The summed E-state index contributed by atoms with van der Waals surface area (Å²) in [6.07, 6.45) is 8.37. The van der Waals surface area contributed by atoms with Crippen LogP contribution in [0.25, 0.3) is 0 Å². The predicted octanol–water partition coefficient (Wildman–Crippen LogP) is 3.45. The fraction of sp³-hybridized carbons (Fsp3) is 1.00. The molecule has 3 heteroatoms. The van der Waals surface area contributed by atoms with Gasteiger partial charge in [0.1, 0.15) is 0 Å². The van der Waals surface area contributed by atoms with Crippen LogP contribution in [0.4, 0.5) is 0 Å². The lowest BCUT2D eigenvalue weighted by Gasteiger charge is -2.30. The lowest BCUT2D eigenvalue weighted by Crippen LogP contribution is -2.40. The summed E-state index contributed by atoms with van der Waals surface area (Å²) in [7, 11) is 0. The average molecular weight is 287 g/mol. The molecule has 0 fully saturated rings. The molecule has 3 nitrogen and oxygen atoms in total. The van der Waals surface area contributed by atoms with Crippen LogP contribution in [0, 0.1) is 5.92 Å². The maximum Gasteiger partial charge on any atom is 0.0659 e. The van der Waals surface area contributed by atoms with Crippen molar-refractivity contribution in [2.24, 2.45) is 11.7 Å². The van der Waals surface area contributed by atoms with Crippen molar-refractivity contribution in [3.63, 3.8) is 0 Å². The smallest absolute Gasteiger partial charge is 0.0659 e. The van der Waals surface area contributed by atoms with Crippen LogP contribution in [0.2, 0.25) is 0 Å². The van der Waals surface area contributed by atoms with Gasteiger partial charge in [-0.05, 0) is 44.7 Å². The van der Waals surface area contributed by atoms with Gasteiger partial charge in [0.05, 0.1) is 5.60 Å². The summed E-state index contributed by atoms with van der Waals surface area (Å²) in [6, 6.07) is 0.474. The molecule has 4 N–H and O–H groups in total. The van der Waals surface area contributed by atoms with E-state index in [1.807, 2.05) is 0 Å². The molecule has 0 aromatic rings. The van der Waals surface area contributed by atoms with Crippen molar-refractivity contribution in [2.75, 3.05) is 13.1 Å². The monoisotopic (exact) mass is 286 g/mol. The lowest BCUT2D eigenvalue weighted by molar-refractivity contribution is 0.0107. The van der Waals surface area contributed by atoms with Crippen molar-refractivity contribution >= 4 is 0 Å². The fourth-order valence-electron chi connectivity index (χ4n) is 2.89. The number of hydrogen-bond donors (Lipinski definition) is 3. The third kappa shape index (κ3) is 8.93. The van der Waals surface area contributed by atoms with Gasteiger partial charge in [-0.3, -0.25) is 0 Å². The van der Waals surface area contributed by atoms with Gasteiger partial charge in [-0.25, -0.2) is 0 Å². The zero-order valence-electron chi connectivity index (χ0n) is 14.3. The molecule has 122 valence electrons. The van der Waals surface area contributed by atoms with Gasteiger partial charge >= 0.3 is 0 Å². The standard InChI is InChI=1S/C17H38N2O/c1-5-7-8-11-17(20,10-6-2)12-14-19-16(9-13-18)15(3)4/h15-16,19-20H,5-14,18H2,1-4H3. The Morgan fingerprint density at radius 2 is 1.75 bits per heavy atom. The number of nitrogens with two attached hydrogens (primary N) is 1. The summed E-state index contributed by atoms with van der Waals surface area (Å²) >= 11 is 0. The molecule has 2 unspecified atom stereocenters. The molecular weight excluding hydrogens is 248 g/mol. The SMILES string of the molecule is CCCCCC(O)(CCC)CCNC(CCN)C(C)C. The van der Waals surface area contributed by atoms with E-state index in [0.717, 1.165) is 51.6 Å². The highest BCUT2D eigenvalue weighted by molar-refractivity contribution is 4.80. The average Bonchev–Trinajstić information content (AvgIpc) is 2.38. The van der Waals surface area contributed by atoms with Gasteiger partial charge in [0.15, 0.2) is 0 Å². The third-order valence-electron chi connectivity index (χ3n) is 4.24. The van der Waals surface area contributed by atoms with Crippen molar-refractivity contribution in [2.45, 2.75) is 90.7 Å². The zero-order valence-corrected chi connectivity index (χ0v) is 14.3. The first-order valence-electron chi connectivity index (χ1n) is 8.65. The Kier molecular flexibility index (Phi) is 11.5. The van der Waals surface area contributed by atoms with E-state index in [1.165, 1.54) is 12.8 Å². The number of aliphatic hydroxyl groups is 1. The Bertz CT molecular complexity index is 221. The molecule has 0 aliphatic carbocycles. The van der Waals surface area contributed by atoms with E-state index < -0.39 is 5.60 Å². The Hall–Kier alpha value is -0.120. The van der Waals surface area contributed by atoms with Crippen molar-refractivity contribution < 1.29 is 5.11 Å². The van der Waals surface area contributed by atoms with Gasteiger partial charge in [-0.1, -0.05) is 53.4 Å². The Morgan fingerprint density at radius 1 is 1.05 bits per heavy atom. The molecule has 0 aliphatic rings. The molecule has 0 spiro atoms. The zero-order chi connectivity index (χ0) is 15.4. The van der Waals surface area contributed by atoms with Gasteiger partial charge in [-0.2, -0.15) is 0 Å². The van der Waals surface area contributed by atoms with Crippen LogP contribution in [0.5, 0.6) is 0 Å². The maximum absolute atomic E-state index is 10.8.